The van der Waals surface area contributed by atoms with Crippen molar-refractivity contribution in [2.45, 2.75) is 51.2 Å². The van der Waals surface area contributed by atoms with E-state index in [0.717, 1.165) is 26.2 Å². The van der Waals surface area contributed by atoms with Gasteiger partial charge in [0.15, 0.2) is 22.9 Å². The zero-order chi connectivity index (χ0) is 24.9. The zero-order valence-electron chi connectivity index (χ0n) is 17.8. The fourth-order valence-electron chi connectivity index (χ4n) is 4.17. The number of aromatic nitrogens is 1. The van der Waals surface area contributed by atoms with E-state index in [0.29, 0.717) is 6.07 Å². The third-order valence-electron chi connectivity index (χ3n) is 5.95. The molecule has 1 aliphatic rings. The Bertz CT molecular complexity index is 1100. The van der Waals surface area contributed by atoms with Gasteiger partial charge in [-0.2, -0.15) is 26.3 Å². The van der Waals surface area contributed by atoms with Crippen molar-refractivity contribution in [3.05, 3.63) is 57.0 Å². The standard InChI is InChI=1S/C21H20F7NO4/c1-8-7-12(30)17(32-19(24)25)15(29-8)18-13(9(2)20(3,33-18)21(26,27)28)10-5-6-11(22)14(23)16(10)31-4/h5-7,9,13,18-19H,1-4H3,(H,29,30)/t9-,13-,18+,20+/m0/s1. The molecule has 0 bridgehead atoms. The van der Waals surface area contributed by atoms with Crippen molar-refractivity contribution in [3.63, 3.8) is 0 Å². The molecule has 3 rings (SSSR count). The van der Waals surface area contributed by atoms with Crippen LogP contribution in [0.2, 0.25) is 0 Å². The lowest BCUT2D eigenvalue weighted by Gasteiger charge is -2.32. The number of nitrogens with one attached hydrogen (secondary N) is 1. The van der Waals surface area contributed by atoms with Crippen molar-refractivity contribution in [2.75, 3.05) is 7.11 Å². The van der Waals surface area contributed by atoms with E-state index in [9.17, 15) is 35.5 Å². The lowest BCUT2D eigenvalue weighted by Crippen LogP contribution is -2.46. The minimum absolute atomic E-state index is 0.129. The van der Waals surface area contributed by atoms with E-state index in [1.165, 1.54) is 13.8 Å². The first-order valence-electron chi connectivity index (χ1n) is 9.68. The van der Waals surface area contributed by atoms with Gasteiger partial charge in [0.05, 0.1) is 12.8 Å². The van der Waals surface area contributed by atoms with Crippen LogP contribution in [-0.4, -0.2) is 30.5 Å². The lowest BCUT2D eigenvalue weighted by atomic mass is 9.76. The number of ether oxygens (including phenoxy) is 3. The number of H-pyrrole nitrogens is 1. The highest BCUT2D eigenvalue weighted by Crippen LogP contribution is 2.60. The van der Waals surface area contributed by atoms with Crippen LogP contribution in [0, 0.1) is 24.5 Å². The van der Waals surface area contributed by atoms with Crippen LogP contribution in [0.1, 0.15) is 42.8 Å². The molecule has 4 atom stereocenters. The van der Waals surface area contributed by atoms with Crippen molar-refractivity contribution < 1.29 is 44.9 Å². The summed E-state index contributed by atoms with van der Waals surface area (Å²) in [5, 5.41) is 0. The summed E-state index contributed by atoms with van der Waals surface area (Å²) in [5.74, 6) is -7.21. The van der Waals surface area contributed by atoms with Crippen LogP contribution < -0.4 is 14.9 Å². The van der Waals surface area contributed by atoms with Gasteiger partial charge in [-0.15, -0.1) is 0 Å². The summed E-state index contributed by atoms with van der Waals surface area (Å²) in [6.07, 6.45) is -6.68. The fourth-order valence-corrected chi connectivity index (χ4v) is 4.17. The van der Waals surface area contributed by atoms with Crippen LogP contribution >= 0.6 is 0 Å². The molecule has 1 aromatic heterocycles. The molecule has 1 aromatic carbocycles. The zero-order valence-corrected chi connectivity index (χ0v) is 17.8. The van der Waals surface area contributed by atoms with Gasteiger partial charge >= 0.3 is 12.8 Å². The second-order valence-electron chi connectivity index (χ2n) is 7.88. The molecule has 0 unspecified atom stereocenters. The molecule has 0 spiro atoms. The third-order valence-corrected chi connectivity index (χ3v) is 5.95. The number of hydrogen-bond donors (Lipinski definition) is 1. The number of hydrogen-bond acceptors (Lipinski definition) is 4. The average molecular weight is 483 g/mol. The van der Waals surface area contributed by atoms with E-state index < -0.39 is 70.6 Å². The highest BCUT2D eigenvalue weighted by Gasteiger charge is 2.65. The van der Waals surface area contributed by atoms with E-state index in [-0.39, 0.29) is 11.3 Å². The molecule has 1 aliphatic heterocycles. The Morgan fingerprint density at radius 3 is 2.36 bits per heavy atom. The van der Waals surface area contributed by atoms with E-state index in [2.05, 4.69) is 9.72 Å². The van der Waals surface area contributed by atoms with Gasteiger partial charge in [0.1, 0.15) is 6.10 Å². The summed E-state index contributed by atoms with van der Waals surface area (Å²) in [5.41, 5.74) is -4.43. The summed E-state index contributed by atoms with van der Waals surface area (Å²) in [7, 11) is 1.000. The number of rotatable bonds is 5. The van der Waals surface area contributed by atoms with Crippen molar-refractivity contribution in [2.24, 2.45) is 5.92 Å². The molecule has 33 heavy (non-hydrogen) atoms. The van der Waals surface area contributed by atoms with Crippen LogP contribution in [0.5, 0.6) is 11.5 Å². The second-order valence-corrected chi connectivity index (χ2v) is 7.88. The van der Waals surface area contributed by atoms with Crippen molar-refractivity contribution in [1.82, 2.24) is 4.98 Å². The molecule has 0 radical (unpaired) electrons. The lowest BCUT2D eigenvalue weighted by molar-refractivity contribution is -0.275. The normalized spacial score (nSPS) is 25.5. The van der Waals surface area contributed by atoms with Gasteiger partial charge in [0.25, 0.3) is 0 Å². The number of alkyl halides is 5. The van der Waals surface area contributed by atoms with Gasteiger partial charge in [0.2, 0.25) is 11.2 Å². The van der Waals surface area contributed by atoms with Gasteiger partial charge in [-0.25, -0.2) is 4.39 Å². The number of benzene rings is 1. The van der Waals surface area contributed by atoms with Crippen LogP contribution in [0.4, 0.5) is 30.7 Å². The van der Waals surface area contributed by atoms with Crippen LogP contribution in [-0.2, 0) is 4.74 Å². The molecule has 2 aromatic rings. The first kappa shape index (κ1) is 24.9. The number of pyridine rings is 1. The number of aromatic amines is 1. The molecule has 0 saturated carbocycles. The Morgan fingerprint density at radius 2 is 1.82 bits per heavy atom. The minimum Gasteiger partial charge on any atom is -0.493 e. The largest absolute Gasteiger partial charge is 0.493 e. The molecular formula is C21H20F7NO4. The van der Waals surface area contributed by atoms with Gasteiger partial charge in [-0.3, -0.25) is 4.79 Å². The average Bonchev–Trinajstić information content (AvgIpc) is 2.97. The first-order valence-corrected chi connectivity index (χ1v) is 9.68. The Hall–Kier alpha value is -2.76. The summed E-state index contributed by atoms with van der Waals surface area (Å²) < 4.78 is 111. The third kappa shape index (κ3) is 4.16. The highest BCUT2D eigenvalue weighted by atomic mass is 19.4. The molecule has 12 heteroatoms. The van der Waals surface area contributed by atoms with E-state index in [1.54, 1.807) is 0 Å². The molecule has 1 fully saturated rings. The van der Waals surface area contributed by atoms with Gasteiger partial charge in [-0.05, 0) is 19.9 Å². The van der Waals surface area contributed by atoms with Crippen molar-refractivity contribution >= 4 is 0 Å². The predicted molar refractivity (Wildman–Crippen MR) is 102 cm³/mol. The molecule has 1 N–H and O–H groups in total. The summed E-state index contributed by atoms with van der Waals surface area (Å²) >= 11 is 0. The molecule has 0 aliphatic carbocycles. The molecule has 5 nitrogen and oxygen atoms in total. The molecule has 182 valence electrons. The van der Waals surface area contributed by atoms with Gasteiger partial charge < -0.3 is 19.2 Å². The van der Waals surface area contributed by atoms with Crippen LogP contribution in [0.15, 0.2) is 23.0 Å². The van der Waals surface area contributed by atoms with Crippen LogP contribution in [0.25, 0.3) is 0 Å². The molecule has 2 heterocycles. The summed E-state index contributed by atoms with van der Waals surface area (Å²) in [6.45, 7) is -0.165. The van der Waals surface area contributed by atoms with E-state index >= 15 is 0 Å². The Morgan fingerprint density at radius 1 is 1.18 bits per heavy atom. The van der Waals surface area contributed by atoms with Crippen molar-refractivity contribution in [1.29, 1.82) is 0 Å². The minimum atomic E-state index is -4.95. The topological polar surface area (TPSA) is 60.6 Å². The van der Waals surface area contributed by atoms with E-state index in [1.807, 2.05) is 0 Å². The monoisotopic (exact) mass is 483 g/mol. The van der Waals surface area contributed by atoms with Gasteiger partial charge in [-0.1, -0.05) is 13.0 Å². The Balaban J connectivity index is 2.32. The smallest absolute Gasteiger partial charge is 0.417 e. The Kier molecular flexibility index (Phi) is 6.44. The number of halogens is 7. The number of methoxy groups -OCH3 is 1. The summed E-state index contributed by atoms with van der Waals surface area (Å²) in [4.78, 5) is 14.9. The molecule has 0 amide bonds. The molecule has 1 saturated heterocycles. The Labute approximate surface area is 183 Å². The maximum atomic E-state index is 14.4. The van der Waals surface area contributed by atoms with Crippen LogP contribution in [0.3, 0.4) is 0 Å². The fraction of sp³-hybridized carbons (Fsp3) is 0.476. The first-order chi connectivity index (χ1) is 15.2. The maximum absolute atomic E-state index is 14.4. The second kappa shape index (κ2) is 8.54. The van der Waals surface area contributed by atoms with E-state index in [4.69, 9.17) is 9.47 Å². The quantitative estimate of drug-likeness (QED) is 0.580. The maximum Gasteiger partial charge on any atom is 0.417 e. The predicted octanol–water partition coefficient (Wildman–Crippen LogP) is 5.38. The SMILES string of the molecule is COc1c([C@H]2[C@H](c3[nH]c(C)cc(=O)c3OC(F)F)O[C@@](C)(C(F)(F)F)[C@H]2C)ccc(F)c1F. The summed E-state index contributed by atoms with van der Waals surface area (Å²) in [6, 6.07) is 2.66. The van der Waals surface area contributed by atoms with Gasteiger partial charge in [0, 0.05) is 29.2 Å². The number of aryl methyl sites for hydroxylation is 1. The molecular weight excluding hydrogens is 463 g/mol. The highest BCUT2D eigenvalue weighted by molar-refractivity contribution is 5.43. The van der Waals surface area contributed by atoms with Crippen molar-refractivity contribution in [3.8, 4) is 11.5 Å².